The van der Waals surface area contributed by atoms with Gasteiger partial charge < -0.3 is 96.8 Å². The number of hydrogen-bond donors (Lipinski definition) is 5. The van der Waals surface area contributed by atoms with Crippen LogP contribution in [0, 0.1) is 0 Å². The molecule has 0 spiro atoms. The van der Waals surface area contributed by atoms with Crippen molar-refractivity contribution in [1.82, 2.24) is 0 Å². The molecule has 23 nitrogen and oxygen atoms in total. The molecule has 146 heavy (non-hydrogen) atoms. The first kappa shape index (κ1) is 108. The average Bonchev–Trinajstić information content (AvgIpc) is 1.24. The van der Waals surface area contributed by atoms with Crippen LogP contribution >= 0.6 is 12.3 Å². The number of cyclic esters (lactones) is 2. The first-order valence-electron chi connectivity index (χ1n) is 48.9. The lowest BCUT2D eigenvalue weighted by atomic mass is 9.80. The molecular weight excluding hydrogens is 1870 g/mol. The third kappa shape index (κ3) is 28.3. The highest BCUT2D eigenvalue weighted by molar-refractivity contribution is 5.92. The number of phenolic OH excluding ortho intramolecular Hbond substituents is 2. The largest absolute Gasteiger partial charge is 0.550 e. The van der Waals surface area contributed by atoms with Crippen molar-refractivity contribution in [3.8, 4) is 79.7 Å². The van der Waals surface area contributed by atoms with E-state index in [1.165, 1.54) is 33.1 Å². The zero-order valence-corrected chi connectivity index (χ0v) is 84.4. The van der Waals surface area contributed by atoms with Gasteiger partial charge in [0.1, 0.15) is 95.3 Å². The number of methoxy groups -OCH3 is 6. The Hall–Kier alpha value is -15.6. The first-order chi connectivity index (χ1) is 72.1. The van der Waals surface area contributed by atoms with E-state index in [4.69, 9.17) is 69.6 Å². The molecule has 3 aliphatic heterocycles. The summed E-state index contributed by atoms with van der Waals surface area (Å²) in [5.41, 5.74) is 17.5. The maximum absolute atomic E-state index is 11.9. The van der Waals surface area contributed by atoms with Crippen molar-refractivity contribution in [1.29, 1.82) is 1.17 Å². The van der Waals surface area contributed by atoms with Gasteiger partial charge in [-0.15, -0.1) is 12.3 Å². The van der Waals surface area contributed by atoms with Crippen LogP contribution in [0.4, 0.5) is 0 Å². The molecule has 1 saturated heterocycles. The summed E-state index contributed by atoms with van der Waals surface area (Å²) in [7, 11) is 11.2. The minimum absolute atomic E-state index is 0.0158. The third-order valence-electron chi connectivity index (χ3n) is 25.0. The minimum atomic E-state index is -1.28. The van der Waals surface area contributed by atoms with E-state index in [2.05, 4.69) is 123 Å². The normalized spacial score (nSPS) is 11.9. The number of phenols is 2. The summed E-state index contributed by atoms with van der Waals surface area (Å²) in [5.74, 6) is 3.96. The second-order valence-corrected chi connectivity index (χ2v) is 33.9. The van der Waals surface area contributed by atoms with Gasteiger partial charge in [0.25, 0.3) is 0 Å². The fourth-order valence-electron chi connectivity index (χ4n) is 17.3. The average molecular weight is 2000 g/mol. The lowest BCUT2D eigenvalue weighted by molar-refractivity contribution is -0.894. The van der Waals surface area contributed by atoms with Crippen LogP contribution in [0.15, 0.2) is 358 Å². The summed E-state index contributed by atoms with van der Waals surface area (Å²) >= 11 is 3.89. The van der Waals surface area contributed by atoms with E-state index in [1.807, 2.05) is 237 Å². The van der Waals surface area contributed by atoms with Crippen LogP contribution in [0.1, 0.15) is 150 Å². The Morgan fingerprint density at radius 3 is 0.904 bits per heavy atom. The quantitative estimate of drug-likeness (QED) is 0.0142. The van der Waals surface area contributed by atoms with Gasteiger partial charge in [-0.25, -0.2) is 0 Å². The number of aromatic hydroxyl groups is 2. The predicted molar refractivity (Wildman–Crippen MR) is 563 cm³/mol. The van der Waals surface area contributed by atoms with Crippen molar-refractivity contribution in [3.05, 3.63) is 452 Å². The van der Waals surface area contributed by atoms with Gasteiger partial charge in [0.2, 0.25) is 0 Å². The molecule has 5 N–H and O–H groups in total. The number of rotatable bonds is 34. The molecule has 18 rings (SSSR count). The van der Waals surface area contributed by atoms with Crippen molar-refractivity contribution in [2.75, 3.05) is 62.3 Å². The minimum Gasteiger partial charge on any atom is -0.550 e. The van der Waals surface area contributed by atoms with E-state index < -0.39 is 40.7 Å². The van der Waals surface area contributed by atoms with E-state index in [-0.39, 0.29) is 57.0 Å². The number of carbonyl (C=O) groups excluding carboxylic acids is 4. The molecule has 15 aromatic carbocycles. The molecule has 3 heterocycles. The maximum atomic E-state index is 11.9. The number of ether oxygens (including phenoxy) is 13. The predicted octanol–water partition coefficient (Wildman–Crippen LogP) is 21.3. The number of halogens is 1. The topological polar surface area (TPSA) is 297 Å². The molecule has 0 saturated carbocycles. The highest BCUT2D eigenvalue weighted by Gasteiger charge is 2.42. The summed E-state index contributed by atoms with van der Waals surface area (Å²) < 4.78 is 86.2. The maximum Gasteiger partial charge on any atom is 0.314 e. The number of aliphatic hydroxyl groups is 2. The van der Waals surface area contributed by atoms with E-state index in [0.717, 1.165) is 163 Å². The molecule has 0 aromatic heterocycles. The summed E-state index contributed by atoms with van der Waals surface area (Å²) in [6.45, 7) is 12.3. The Morgan fingerprint density at radius 1 is 0.356 bits per heavy atom. The Labute approximate surface area is 862 Å². The standard InChI is InChI=1S/C40H36O8.C36H32O5.C28H26O4.C7H8O2.C6H15N.C4H4O3.CH4.ClH/c1-44-33-14-10-31(11-15-33)40(30-6-4-3-5-7-30,32-12-16-34(45-2)17-13-32)48-25-28-9-19-36-35-18-8-27(22-29(35)26-46-37(36)23-28)24-47-39(43)21-20-38(41)42;1-38-31-14-10-29(11-15-31)36(28-6-4-3-5-7-28,30-12-16-32(39-2)17-13-30)41-23-26-9-19-34-33-18-8-25(22-37)20-27(33)24-40-35(34)21-26;1-30-26-15-11-23(12-16-26)28(22-8-4-3-5-9-22,24-13-17-27(31-2)18-14-24)32-20-21-7-6-10-25(29)19-21;8-5-6-2-1-3-7(9)4-6;1-4-7(5-2)6-3;5-3-1-2-4(6)7-3;;/h3-19,22-23H,20-21,24-26H2,1-2H3,(H,41,42);3-21,37H,22-24H2,1-2H3;3-19,29H,20H2,1-2H3;1-4,8-9H,5H2;4-6H2,1-3H3;1-2H2;1H4;1H/i;;;;;;1T;/hD. The van der Waals surface area contributed by atoms with E-state index >= 15 is 0 Å². The van der Waals surface area contributed by atoms with Crippen molar-refractivity contribution in [2.24, 2.45) is 0 Å². The molecule has 0 atom stereocenters. The molecule has 0 unspecified atom stereocenters. The number of carboxylic acid groups (broad SMARTS) is 1. The molecule has 758 valence electrons. The number of aliphatic carboxylic acids is 1. The summed E-state index contributed by atoms with van der Waals surface area (Å²) in [6, 6.07) is 116. The number of benzene rings is 15. The van der Waals surface area contributed by atoms with Crippen LogP contribution < -0.4 is 47.9 Å². The lowest BCUT2D eigenvalue weighted by Gasteiger charge is -2.36. The van der Waals surface area contributed by atoms with E-state index in [9.17, 15) is 34.5 Å². The lowest BCUT2D eigenvalue weighted by Crippen LogP contribution is -3.11. The second kappa shape index (κ2) is 54.8. The summed E-state index contributed by atoms with van der Waals surface area (Å²) in [4.78, 5) is 44.2. The van der Waals surface area contributed by atoms with Gasteiger partial charge in [-0.1, -0.05) is 244 Å². The van der Waals surface area contributed by atoms with Crippen LogP contribution in [0.3, 0.4) is 0 Å². The highest BCUT2D eigenvalue weighted by Crippen LogP contribution is 2.49. The van der Waals surface area contributed by atoms with Crippen molar-refractivity contribution in [2.45, 2.75) is 124 Å². The van der Waals surface area contributed by atoms with Gasteiger partial charge in [-0.05, 0) is 254 Å². The van der Waals surface area contributed by atoms with Gasteiger partial charge in [0, 0.05) is 18.5 Å². The number of quaternary nitrogens is 1. The highest BCUT2D eigenvalue weighted by atomic mass is 35.5. The van der Waals surface area contributed by atoms with E-state index in [0.29, 0.717) is 33.0 Å². The van der Waals surface area contributed by atoms with Crippen molar-refractivity contribution >= 4 is 36.2 Å². The second-order valence-electron chi connectivity index (χ2n) is 33.9. The number of hydrogen-bond acceptors (Lipinski definition) is 22. The number of carboxylic acids is 1. The van der Waals surface area contributed by atoms with Crippen molar-refractivity contribution in [3.63, 3.8) is 0 Å². The summed E-state index contributed by atoms with van der Waals surface area (Å²) in [5, 5.41) is 47.4. The van der Waals surface area contributed by atoms with E-state index in [1.54, 1.807) is 77.9 Å². The summed E-state index contributed by atoms with van der Waals surface area (Å²) in [6.07, 6.45) is -0.0585. The van der Waals surface area contributed by atoms with Gasteiger partial charge in [-0.3, -0.25) is 14.4 Å². The molecule has 1 fully saturated rings. The van der Waals surface area contributed by atoms with Gasteiger partial charge in [-0.2, -0.15) is 0 Å². The Morgan fingerprint density at radius 2 is 0.630 bits per heavy atom. The van der Waals surface area contributed by atoms with Crippen LogP contribution in [-0.2, 0) is 113 Å². The molecule has 0 amide bonds. The SMILES string of the molecule is CC[NH+](CC)CC.COc1ccc(C(OCc2ccc3c(c2)OCc2cc(CO)ccc2-3)(c2ccccc2)c2ccc(OC)cc2)cc1.COc1ccc(C(OCc2ccc3c(c2)OCc2cc(COC(=O)CCC(=O)[O-])ccc2-3)(c2ccccc2)c2ccc(OC)cc2)cc1.COc1ccc(C(OCc2cccc(O)c2)(c2ccccc2)c2ccc(OC)cc2)cc1.O=C1CCC(=O)O1.OCc1cccc(O)c1.[2H]Cl.[3H]C. The van der Waals surface area contributed by atoms with Crippen LogP contribution in [0.2, 0.25) is 0 Å². The molecule has 0 bridgehead atoms. The Kier molecular flexibility index (Phi) is 40.4. The number of fused-ring (bicyclic) bond motifs is 6. The molecule has 24 heteroatoms. The smallest absolute Gasteiger partial charge is 0.314 e. The zero-order valence-electron chi connectivity index (χ0n) is 85.7. The fourth-order valence-corrected chi connectivity index (χ4v) is 17.3. The number of carbonyl (C=O) groups is 4. The number of esters is 3. The number of aliphatic hydroxyl groups excluding tert-OH is 2. The molecular formula is C122H126ClNO22. The Bertz CT molecular complexity index is 6500. The molecule has 0 radical (unpaired) electrons. The van der Waals surface area contributed by atoms with Gasteiger partial charge in [0.05, 0.1) is 115 Å². The zero-order chi connectivity index (χ0) is 106. The third-order valence-corrected chi connectivity index (χ3v) is 25.0. The van der Waals surface area contributed by atoms with Crippen molar-refractivity contribution < 1.29 is 113 Å². The molecule has 3 aliphatic rings. The van der Waals surface area contributed by atoms with Gasteiger partial charge in [0.15, 0.2) is 0 Å². The monoisotopic (exact) mass is 1990 g/mol. The number of nitrogens with one attached hydrogen (secondary N) is 1. The molecule has 0 aliphatic carbocycles. The first-order valence-corrected chi connectivity index (χ1v) is 47.6. The van der Waals surface area contributed by atoms with Gasteiger partial charge >= 0.3 is 17.9 Å². The van der Waals surface area contributed by atoms with Crippen LogP contribution in [0.25, 0.3) is 22.3 Å². The molecule has 15 aromatic rings. The Balaban J connectivity index is 0.000000189. The van der Waals surface area contributed by atoms with Crippen LogP contribution in [0.5, 0.6) is 57.5 Å². The van der Waals surface area contributed by atoms with Crippen LogP contribution in [-0.4, -0.2) is 108 Å². The fraction of sp³-hybridized carbons (Fsp3) is 0.230.